The van der Waals surface area contributed by atoms with Crippen molar-refractivity contribution < 1.29 is 33.2 Å². The maximum Gasteiger partial charge on any atom is 0.189 e. The van der Waals surface area contributed by atoms with Crippen molar-refractivity contribution in [3.63, 3.8) is 0 Å². The molecule has 0 saturated heterocycles. The molecule has 3 aromatic rings. The van der Waals surface area contributed by atoms with Gasteiger partial charge in [-0.2, -0.15) is 0 Å². The molecule has 0 heterocycles. The van der Waals surface area contributed by atoms with E-state index < -0.39 is 12.2 Å². The van der Waals surface area contributed by atoms with Gasteiger partial charge in [-0.15, -0.1) is 6.58 Å². The van der Waals surface area contributed by atoms with Crippen molar-refractivity contribution in [3.8, 4) is 17.2 Å². The molecule has 0 aliphatic rings. The third-order valence-electron chi connectivity index (χ3n) is 5.94. The summed E-state index contributed by atoms with van der Waals surface area (Å²) in [5, 5.41) is 0. The van der Waals surface area contributed by atoms with Crippen LogP contribution in [0.25, 0.3) is 0 Å². The van der Waals surface area contributed by atoms with Crippen LogP contribution in [0.3, 0.4) is 0 Å². The Kier molecular flexibility index (Phi) is 11.8. The van der Waals surface area contributed by atoms with E-state index in [0.29, 0.717) is 19.6 Å². The smallest absolute Gasteiger partial charge is 0.189 e. The second-order valence-electron chi connectivity index (χ2n) is 8.61. The summed E-state index contributed by atoms with van der Waals surface area (Å²) in [6.07, 6.45) is 0.788. The summed E-state index contributed by atoms with van der Waals surface area (Å²) in [4.78, 5) is 13.3. The number of methoxy groups -OCH3 is 3. The molecule has 0 bridgehead atoms. The first-order valence-electron chi connectivity index (χ1n) is 12.4. The molecule has 0 amide bonds. The number of hydrogen-bond acceptors (Lipinski definition) is 7. The number of ether oxygens (including phenoxy) is 6. The summed E-state index contributed by atoms with van der Waals surface area (Å²) in [6, 6.07) is 22.6. The molecule has 7 nitrogen and oxygen atoms in total. The standard InChI is InChI=1S/C31H36O7/c1-5-6-30(37-20-24-9-15-27(34-3)16-10-24)31(38-21-25-11-17-28(35-4)18-12-25)29(32)22-36-19-23-7-13-26(33-2)14-8-23/h5,7-18,30-31H,1,6,19-22H2,2-4H3/t30-,31-/m1/s1. The summed E-state index contributed by atoms with van der Waals surface area (Å²) in [5.41, 5.74) is 2.81. The number of Topliss-reactive ketones (excluding diaryl/α,β-unsaturated/α-hetero) is 1. The first-order chi connectivity index (χ1) is 18.6. The lowest BCUT2D eigenvalue weighted by atomic mass is 10.1. The van der Waals surface area contributed by atoms with Gasteiger partial charge in [0.05, 0.1) is 47.3 Å². The Morgan fingerprint density at radius 1 is 0.684 bits per heavy atom. The van der Waals surface area contributed by atoms with Crippen LogP contribution in [0.5, 0.6) is 17.2 Å². The molecule has 0 aromatic heterocycles. The fraction of sp³-hybridized carbons (Fsp3) is 0.323. The van der Waals surface area contributed by atoms with E-state index in [1.165, 1.54) is 0 Å². The molecule has 0 fully saturated rings. The summed E-state index contributed by atoms with van der Waals surface area (Å²) >= 11 is 0. The van der Waals surface area contributed by atoms with Crippen molar-refractivity contribution in [1.29, 1.82) is 0 Å². The summed E-state index contributed by atoms with van der Waals surface area (Å²) in [5.74, 6) is 2.08. The number of rotatable bonds is 17. The minimum Gasteiger partial charge on any atom is -0.497 e. The molecule has 0 radical (unpaired) electrons. The van der Waals surface area contributed by atoms with Crippen LogP contribution in [0.4, 0.5) is 0 Å². The van der Waals surface area contributed by atoms with Gasteiger partial charge in [-0.05, 0) is 59.5 Å². The van der Waals surface area contributed by atoms with E-state index >= 15 is 0 Å². The lowest BCUT2D eigenvalue weighted by Crippen LogP contribution is -2.40. The van der Waals surface area contributed by atoms with E-state index in [2.05, 4.69) is 6.58 Å². The van der Waals surface area contributed by atoms with Crippen LogP contribution in [0, 0.1) is 0 Å². The zero-order chi connectivity index (χ0) is 27.2. The second-order valence-corrected chi connectivity index (χ2v) is 8.61. The Morgan fingerprint density at radius 2 is 1.11 bits per heavy atom. The van der Waals surface area contributed by atoms with Gasteiger partial charge in [0.25, 0.3) is 0 Å². The fourth-order valence-electron chi connectivity index (χ4n) is 3.76. The molecule has 3 aromatic carbocycles. The Bertz CT molecular complexity index is 1110. The van der Waals surface area contributed by atoms with Crippen molar-refractivity contribution >= 4 is 5.78 Å². The molecule has 3 rings (SSSR count). The molecule has 38 heavy (non-hydrogen) atoms. The molecule has 0 unspecified atom stereocenters. The predicted octanol–water partition coefficient (Wildman–Crippen LogP) is 5.55. The molecule has 0 N–H and O–H groups in total. The van der Waals surface area contributed by atoms with Crippen molar-refractivity contribution in [2.75, 3.05) is 27.9 Å². The van der Waals surface area contributed by atoms with Crippen molar-refractivity contribution in [1.82, 2.24) is 0 Å². The van der Waals surface area contributed by atoms with E-state index in [0.717, 1.165) is 33.9 Å². The highest BCUT2D eigenvalue weighted by atomic mass is 16.5. The highest BCUT2D eigenvalue weighted by Crippen LogP contribution is 2.19. The monoisotopic (exact) mass is 520 g/mol. The van der Waals surface area contributed by atoms with Gasteiger partial charge < -0.3 is 28.4 Å². The first kappa shape index (κ1) is 28.9. The van der Waals surface area contributed by atoms with Gasteiger partial charge in [0.1, 0.15) is 30.0 Å². The van der Waals surface area contributed by atoms with Crippen molar-refractivity contribution in [3.05, 3.63) is 102 Å². The van der Waals surface area contributed by atoms with Crippen LogP contribution in [0.1, 0.15) is 23.1 Å². The van der Waals surface area contributed by atoms with Gasteiger partial charge in [-0.3, -0.25) is 4.79 Å². The Hall–Kier alpha value is -3.65. The molecule has 7 heteroatoms. The SMILES string of the molecule is C=CC[C@@H](OCc1ccc(OC)cc1)[C@H](OCc1ccc(OC)cc1)C(=O)COCc1ccc(OC)cc1. The van der Waals surface area contributed by atoms with Crippen LogP contribution in [-0.4, -0.2) is 45.9 Å². The highest BCUT2D eigenvalue weighted by Gasteiger charge is 2.29. The first-order valence-corrected chi connectivity index (χ1v) is 12.4. The van der Waals surface area contributed by atoms with E-state index in [-0.39, 0.29) is 19.0 Å². The van der Waals surface area contributed by atoms with Crippen LogP contribution in [-0.2, 0) is 38.8 Å². The minimum absolute atomic E-state index is 0.112. The lowest BCUT2D eigenvalue weighted by molar-refractivity contribution is -0.150. The van der Waals surface area contributed by atoms with Gasteiger partial charge in [0.15, 0.2) is 5.78 Å². The van der Waals surface area contributed by atoms with E-state index in [1.807, 2.05) is 72.8 Å². The molecule has 0 spiro atoms. The van der Waals surface area contributed by atoms with Gasteiger partial charge >= 0.3 is 0 Å². The minimum atomic E-state index is -0.843. The van der Waals surface area contributed by atoms with Crippen molar-refractivity contribution in [2.24, 2.45) is 0 Å². The molecular weight excluding hydrogens is 484 g/mol. The van der Waals surface area contributed by atoms with E-state index in [1.54, 1.807) is 27.4 Å². The summed E-state index contributed by atoms with van der Waals surface area (Å²) in [6.45, 7) is 4.58. The number of carbonyl (C=O) groups excluding carboxylic acids is 1. The van der Waals surface area contributed by atoms with Crippen LogP contribution in [0.2, 0.25) is 0 Å². The average Bonchev–Trinajstić information content (AvgIpc) is 2.96. The lowest BCUT2D eigenvalue weighted by Gasteiger charge is -2.26. The number of benzene rings is 3. The zero-order valence-corrected chi connectivity index (χ0v) is 22.3. The molecule has 0 aliphatic carbocycles. The predicted molar refractivity (Wildman–Crippen MR) is 146 cm³/mol. The topological polar surface area (TPSA) is 72.5 Å². The number of ketones is 1. The zero-order valence-electron chi connectivity index (χ0n) is 22.3. The van der Waals surface area contributed by atoms with Gasteiger partial charge in [-0.1, -0.05) is 42.5 Å². The second kappa shape index (κ2) is 15.6. The molecule has 202 valence electrons. The Balaban J connectivity index is 1.68. The van der Waals surface area contributed by atoms with Crippen LogP contribution < -0.4 is 14.2 Å². The Morgan fingerprint density at radius 3 is 1.53 bits per heavy atom. The van der Waals surface area contributed by atoms with Crippen LogP contribution >= 0.6 is 0 Å². The number of hydrogen-bond donors (Lipinski definition) is 0. The normalized spacial score (nSPS) is 12.4. The molecule has 0 saturated carbocycles. The quantitative estimate of drug-likeness (QED) is 0.216. The van der Waals surface area contributed by atoms with Gasteiger partial charge in [0, 0.05) is 0 Å². The third-order valence-corrected chi connectivity index (χ3v) is 5.94. The average molecular weight is 521 g/mol. The molecule has 0 aliphatic heterocycles. The maximum absolute atomic E-state index is 13.3. The van der Waals surface area contributed by atoms with Gasteiger partial charge in [-0.25, -0.2) is 0 Å². The summed E-state index contributed by atoms with van der Waals surface area (Å²) in [7, 11) is 4.86. The Labute approximate surface area is 224 Å². The van der Waals surface area contributed by atoms with Crippen molar-refractivity contribution in [2.45, 2.75) is 38.4 Å². The largest absolute Gasteiger partial charge is 0.497 e. The maximum atomic E-state index is 13.3. The number of carbonyl (C=O) groups is 1. The molecular formula is C31H36O7. The van der Waals surface area contributed by atoms with Gasteiger partial charge in [0.2, 0.25) is 0 Å². The highest BCUT2D eigenvalue weighted by molar-refractivity contribution is 5.85. The molecule has 2 atom stereocenters. The summed E-state index contributed by atoms with van der Waals surface area (Å²) < 4.78 is 33.7. The van der Waals surface area contributed by atoms with E-state index in [9.17, 15) is 4.79 Å². The van der Waals surface area contributed by atoms with Crippen LogP contribution in [0.15, 0.2) is 85.5 Å². The fourth-order valence-corrected chi connectivity index (χ4v) is 3.76. The third kappa shape index (κ3) is 9.03. The van der Waals surface area contributed by atoms with E-state index in [4.69, 9.17) is 28.4 Å².